The number of piperazine rings is 1. The third-order valence-corrected chi connectivity index (χ3v) is 3.02. The second-order valence-electron chi connectivity index (χ2n) is 4.35. The van der Waals surface area contributed by atoms with Crippen molar-refractivity contribution in [3.63, 3.8) is 0 Å². The van der Waals surface area contributed by atoms with Crippen LogP contribution in [0, 0.1) is 10.1 Å². The van der Waals surface area contributed by atoms with Crippen molar-refractivity contribution < 1.29 is 19.6 Å². The molecule has 10 heteroatoms. The van der Waals surface area contributed by atoms with Gasteiger partial charge in [-0.3, -0.25) is 0 Å². The number of nitro groups is 1. The second kappa shape index (κ2) is 6.03. The van der Waals surface area contributed by atoms with E-state index in [1.807, 2.05) is 0 Å². The van der Waals surface area contributed by atoms with Crippen LogP contribution in [0.5, 0.6) is 0 Å². The summed E-state index contributed by atoms with van der Waals surface area (Å²) in [5, 5.41) is 21.8. The minimum absolute atomic E-state index is 0.251. The Morgan fingerprint density at radius 1 is 1.24 bits per heavy atom. The number of carbonyl (C=O) groups excluding carboxylic acids is 1. The lowest BCUT2D eigenvalue weighted by molar-refractivity contribution is -0.389. The largest absolute Gasteiger partial charge is 0.465 e. The molecular formula is C11H13N5O5. The second-order valence-corrected chi connectivity index (χ2v) is 4.35. The third kappa shape index (κ3) is 3.55. The lowest BCUT2D eigenvalue weighted by Gasteiger charge is -2.32. The Kier molecular flexibility index (Phi) is 4.16. The van der Waals surface area contributed by atoms with E-state index in [4.69, 9.17) is 5.11 Å². The molecule has 112 valence electrons. The average molecular weight is 295 g/mol. The lowest BCUT2D eigenvalue weighted by atomic mass is 10.3. The molecule has 1 saturated heterocycles. The fourth-order valence-electron chi connectivity index (χ4n) is 1.87. The smallest absolute Gasteiger partial charge is 0.407 e. The number of carbonyl (C=O) groups is 2. The molecule has 0 atom stereocenters. The molecule has 1 aromatic heterocycles. The monoisotopic (exact) mass is 295 g/mol. The predicted molar refractivity (Wildman–Crippen MR) is 71.1 cm³/mol. The Morgan fingerprint density at radius 3 is 2.33 bits per heavy atom. The van der Waals surface area contributed by atoms with Gasteiger partial charge in [0.15, 0.2) is 6.20 Å². The molecule has 0 spiro atoms. The van der Waals surface area contributed by atoms with E-state index in [0.29, 0.717) is 18.8 Å². The Balaban J connectivity index is 1.90. The molecule has 0 unspecified atom stereocenters. The predicted octanol–water partition coefficient (Wildman–Crippen LogP) is 0.817. The van der Waals surface area contributed by atoms with Gasteiger partial charge in [-0.25, -0.2) is 9.59 Å². The molecular weight excluding hydrogens is 282 g/mol. The van der Waals surface area contributed by atoms with Crippen molar-refractivity contribution in [2.24, 2.45) is 0 Å². The first-order chi connectivity index (χ1) is 9.97. The van der Waals surface area contributed by atoms with E-state index < -0.39 is 17.0 Å². The first kappa shape index (κ1) is 14.5. The third-order valence-electron chi connectivity index (χ3n) is 3.02. The van der Waals surface area contributed by atoms with Crippen LogP contribution in [0.1, 0.15) is 0 Å². The van der Waals surface area contributed by atoms with Crippen molar-refractivity contribution >= 4 is 23.6 Å². The van der Waals surface area contributed by atoms with Gasteiger partial charge in [-0.2, -0.15) is 0 Å². The number of rotatable bonds is 2. The molecule has 0 bridgehead atoms. The molecule has 0 aromatic carbocycles. The number of carboxylic acid groups (broad SMARTS) is 1. The number of anilines is 1. The van der Waals surface area contributed by atoms with Gasteiger partial charge in [0.05, 0.1) is 5.69 Å². The normalized spacial score (nSPS) is 14.7. The van der Waals surface area contributed by atoms with Crippen LogP contribution >= 0.6 is 0 Å². The first-order valence-corrected chi connectivity index (χ1v) is 6.11. The summed E-state index contributed by atoms with van der Waals surface area (Å²) >= 11 is 0. The SMILES string of the molecule is O=C(O)N1CCN(C(=O)Nc2ccc([N+](=O)[O-])nc2)CC1. The van der Waals surface area contributed by atoms with E-state index >= 15 is 0 Å². The number of hydrogen-bond acceptors (Lipinski definition) is 5. The minimum Gasteiger partial charge on any atom is -0.465 e. The number of hydrogen-bond donors (Lipinski definition) is 2. The summed E-state index contributed by atoms with van der Waals surface area (Å²) in [5.41, 5.74) is 0.339. The van der Waals surface area contributed by atoms with Gasteiger partial charge in [-0.05, 0) is 16.0 Å². The summed E-state index contributed by atoms with van der Waals surface area (Å²) in [6.45, 7) is 1.08. The molecule has 2 heterocycles. The van der Waals surface area contributed by atoms with Crippen molar-refractivity contribution in [3.8, 4) is 0 Å². The minimum atomic E-state index is -1.00. The first-order valence-electron chi connectivity index (χ1n) is 6.11. The summed E-state index contributed by atoms with van der Waals surface area (Å²) in [7, 11) is 0. The van der Waals surface area contributed by atoms with Gasteiger partial charge < -0.3 is 30.3 Å². The highest BCUT2D eigenvalue weighted by atomic mass is 16.6. The van der Waals surface area contributed by atoms with Crippen molar-refractivity contribution in [3.05, 3.63) is 28.4 Å². The molecule has 0 saturated carbocycles. The van der Waals surface area contributed by atoms with Crippen LogP contribution in [-0.2, 0) is 0 Å². The molecule has 21 heavy (non-hydrogen) atoms. The zero-order chi connectivity index (χ0) is 15.4. The zero-order valence-corrected chi connectivity index (χ0v) is 10.9. The molecule has 0 radical (unpaired) electrons. The number of nitrogens with one attached hydrogen (secondary N) is 1. The van der Waals surface area contributed by atoms with E-state index in [-0.39, 0.29) is 18.9 Å². The maximum Gasteiger partial charge on any atom is 0.407 e. The maximum absolute atomic E-state index is 12.0. The summed E-state index contributed by atoms with van der Waals surface area (Å²) in [5.74, 6) is -0.303. The Bertz CT molecular complexity index is 553. The fourth-order valence-corrected chi connectivity index (χ4v) is 1.87. The van der Waals surface area contributed by atoms with Crippen LogP contribution in [-0.4, -0.2) is 63.1 Å². The zero-order valence-electron chi connectivity index (χ0n) is 10.9. The Morgan fingerprint density at radius 2 is 1.86 bits per heavy atom. The van der Waals surface area contributed by atoms with E-state index in [1.54, 1.807) is 0 Å². The van der Waals surface area contributed by atoms with Crippen LogP contribution in [0.4, 0.5) is 21.1 Å². The van der Waals surface area contributed by atoms with Gasteiger partial charge in [-0.15, -0.1) is 0 Å². The summed E-state index contributed by atoms with van der Waals surface area (Å²) in [6.07, 6.45) is 0.193. The van der Waals surface area contributed by atoms with Gasteiger partial charge in [0, 0.05) is 32.2 Å². The van der Waals surface area contributed by atoms with Crippen LogP contribution in [0.2, 0.25) is 0 Å². The van der Waals surface area contributed by atoms with Crippen molar-refractivity contribution in [1.82, 2.24) is 14.8 Å². The maximum atomic E-state index is 12.0. The van der Waals surface area contributed by atoms with Crippen LogP contribution in [0.3, 0.4) is 0 Å². The van der Waals surface area contributed by atoms with Gasteiger partial charge >= 0.3 is 17.9 Å². The fraction of sp³-hybridized carbons (Fsp3) is 0.364. The molecule has 1 aliphatic heterocycles. The molecule has 2 rings (SSSR count). The number of amides is 3. The van der Waals surface area contributed by atoms with Gasteiger partial charge in [0.1, 0.15) is 0 Å². The molecule has 1 fully saturated rings. The highest BCUT2D eigenvalue weighted by molar-refractivity contribution is 5.89. The van der Waals surface area contributed by atoms with Gasteiger partial charge in [0.2, 0.25) is 0 Å². The molecule has 1 aromatic rings. The topological polar surface area (TPSA) is 129 Å². The van der Waals surface area contributed by atoms with E-state index in [2.05, 4.69) is 10.3 Å². The van der Waals surface area contributed by atoms with Crippen LogP contribution in [0.25, 0.3) is 0 Å². The average Bonchev–Trinajstić information content (AvgIpc) is 2.47. The lowest BCUT2D eigenvalue weighted by Crippen LogP contribution is -2.51. The van der Waals surface area contributed by atoms with Gasteiger partial charge in [-0.1, -0.05) is 0 Å². The Hall–Kier alpha value is -2.91. The highest BCUT2D eigenvalue weighted by Gasteiger charge is 2.23. The highest BCUT2D eigenvalue weighted by Crippen LogP contribution is 2.12. The summed E-state index contributed by atoms with van der Waals surface area (Å²) in [4.78, 5) is 38.8. The molecule has 3 amide bonds. The standard InChI is InChI=1S/C11H13N5O5/c17-10(14-3-5-15(6-4-14)11(18)19)13-8-1-2-9(12-7-8)16(20)21/h1-2,7H,3-6H2,(H,13,17)(H,18,19). The molecule has 0 aliphatic carbocycles. The van der Waals surface area contributed by atoms with E-state index in [1.165, 1.54) is 28.1 Å². The number of urea groups is 1. The quantitative estimate of drug-likeness (QED) is 0.613. The van der Waals surface area contributed by atoms with Crippen molar-refractivity contribution in [2.45, 2.75) is 0 Å². The number of nitrogens with zero attached hydrogens (tertiary/aromatic N) is 4. The van der Waals surface area contributed by atoms with Crippen LogP contribution < -0.4 is 5.32 Å². The number of aromatic nitrogens is 1. The van der Waals surface area contributed by atoms with Crippen LogP contribution in [0.15, 0.2) is 18.3 Å². The number of pyridine rings is 1. The Labute approximate surface area is 119 Å². The van der Waals surface area contributed by atoms with E-state index in [0.717, 1.165) is 0 Å². The van der Waals surface area contributed by atoms with Crippen molar-refractivity contribution in [1.29, 1.82) is 0 Å². The molecule has 2 N–H and O–H groups in total. The van der Waals surface area contributed by atoms with Gasteiger partial charge in [0.25, 0.3) is 0 Å². The summed E-state index contributed by atoms with van der Waals surface area (Å²) < 4.78 is 0. The molecule has 10 nitrogen and oxygen atoms in total. The van der Waals surface area contributed by atoms with Crippen molar-refractivity contribution in [2.75, 3.05) is 31.5 Å². The van der Waals surface area contributed by atoms with E-state index in [9.17, 15) is 19.7 Å². The summed E-state index contributed by atoms with van der Waals surface area (Å²) in [6, 6.07) is 2.19. The molecule has 1 aliphatic rings.